The van der Waals surface area contributed by atoms with E-state index in [0.29, 0.717) is 10.9 Å². The summed E-state index contributed by atoms with van der Waals surface area (Å²) in [7, 11) is -1.46. The molecule has 4 rings (SSSR count). The van der Waals surface area contributed by atoms with Gasteiger partial charge in [-0.05, 0) is 25.0 Å². The lowest BCUT2D eigenvalue weighted by Crippen LogP contribution is -2.37. The van der Waals surface area contributed by atoms with Crippen LogP contribution in [0.25, 0.3) is 0 Å². The van der Waals surface area contributed by atoms with Gasteiger partial charge < -0.3 is 9.64 Å². The van der Waals surface area contributed by atoms with Gasteiger partial charge in [0.1, 0.15) is 5.75 Å². The zero-order chi connectivity index (χ0) is 16.9. The first-order valence-corrected chi connectivity index (χ1v) is 10.6. The maximum atomic E-state index is 12.1. The molecule has 3 aliphatic rings. The topological polar surface area (TPSA) is 76.0 Å². The van der Waals surface area contributed by atoms with Crippen molar-refractivity contribution >= 4 is 38.4 Å². The fraction of sp³-hybridized carbons (Fsp3) is 0.500. The van der Waals surface area contributed by atoms with Crippen LogP contribution in [0.2, 0.25) is 0 Å². The molecule has 1 saturated carbocycles. The number of fused-ring (bicyclic) bond motifs is 1. The maximum absolute atomic E-state index is 12.1. The van der Waals surface area contributed by atoms with Crippen molar-refractivity contribution in [3.63, 3.8) is 0 Å². The second-order valence-corrected chi connectivity index (χ2v) is 9.74. The van der Waals surface area contributed by atoms with Gasteiger partial charge in [0.2, 0.25) is 0 Å². The van der Waals surface area contributed by atoms with Gasteiger partial charge in [0, 0.05) is 22.9 Å². The van der Waals surface area contributed by atoms with Crippen molar-refractivity contribution in [2.24, 2.45) is 10.9 Å². The molecule has 1 amide bonds. The Morgan fingerprint density at radius 3 is 2.83 bits per heavy atom. The Bertz CT molecular complexity index is 817. The summed E-state index contributed by atoms with van der Waals surface area (Å²) in [4.78, 5) is 18.4. The highest BCUT2D eigenvalue weighted by molar-refractivity contribution is 8.16. The van der Waals surface area contributed by atoms with Crippen molar-refractivity contribution in [1.82, 2.24) is 0 Å². The largest absolute Gasteiger partial charge is 0.497 e. The van der Waals surface area contributed by atoms with E-state index in [9.17, 15) is 13.2 Å². The van der Waals surface area contributed by atoms with Crippen molar-refractivity contribution in [2.45, 2.75) is 24.1 Å². The number of carbonyl (C=O) groups excluding carboxylic acids is 1. The Kier molecular flexibility index (Phi) is 3.84. The summed E-state index contributed by atoms with van der Waals surface area (Å²) in [6.45, 7) is 0. The van der Waals surface area contributed by atoms with Gasteiger partial charge in [-0.3, -0.25) is 4.79 Å². The molecule has 2 aliphatic heterocycles. The number of ether oxygens (including phenoxy) is 1. The van der Waals surface area contributed by atoms with Gasteiger partial charge in [-0.15, -0.1) is 0 Å². The Hall–Kier alpha value is -1.54. The summed E-state index contributed by atoms with van der Waals surface area (Å²) in [6.07, 6.45) is 1.81. The average molecular weight is 366 g/mol. The van der Waals surface area contributed by atoms with Crippen molar-refractivity contribution in [1.29, 1.82) is 0 Å². The van der Waals surface area contributed by atoms with E-state index in [1.165, 1.54) is 11.8 Å². The van der Waals surface area contributed by atoms with Gasteiger partial charge in [-0.25, -0.2) is 8.42 Å². The normalized spacial score (nSPS) is 29.7. The third-order valence-electron chi connectivity index (χ3n) is 4.53. The number of amides is 1. The van der Waals surface area contributed by atoms with Crippen LogP contribution in [0.1, 0.15) is 12.8 Å². The summed E-state index contributed by atoms with van der Waals surface area (Å²) >= 11 is 1.41. The first-order valence-electron chi connectivity index (χ1n) is 7.90. The van der Waals surface area contributed by atoms with E-state index in [-0.39, 0.29) is 34.6 Å². The summed E-state index contributed by atoms with van der Waals surface area (Å²) in [5, 5.41) is 0.539. The molecule has 2 saturated heterocycles. The third kappa shape index (κ3) is 2.93. The Morgan fingerprint density at radius 1 is 1.33 bits per heavy atom. The average Bonchev–Trinajstić information content (AvgIpc) is 3.28. The molecular weight excluding hydrogens is 348 g/mol. The molecule has 0 spiro atoms. The molecule has 1 aromatic carbocycles. The van der Waals surface area contributed by atoms with E-state index in [1.807, 2.05) is 29.2 Å². The number of hydrogen-bond donors (Lipinski definition) is 0. The summed E-state index contributed by atoms with van der Waals surface area (Å²) < 4.78 is 29.3. The van der Waals surface area contributed by atoms with E-state index >= 15 is 0 Å². The Morgan fingerprint density at radius 2 is 2.12 bits per heavy atom. The fourth-order valence-corrected chi connectivity index (χ4v) is 7.06. The lowest BCUT2D eigenvalue weighted by atomic mass is 10.2. The molecule has 8 heteroatoms. The maximum Gasteiger partial charge on any atom is 0.251 e. The van der Waals surface area contributed by atoms with Crippen molar-refractivity contribution in [3.05, 3.63) is 24.3 Å². The minimum Gasteiger partial charge on any atom is -0.497 e. The SMILES string of the molecule is COc1cccc(N2C(=NC(=O)C3CC3)SC3CS(=O)(=O)CC32)c1. The molecule has 3 fully saturated rings. The predicted molar refractivity (Wildman–Crippen MR) is 94.5 cm³/mol. The van der Waals surface area contributed by atoms with Crippen LogP contribution in [0.3, 0.4) is 0 Å². The Labute approximate surface area is 145 Å². The van der Waals surface area contributed by atoms with E-state index in [1.54, 1.807) is 7.11 Å². The molecule has 2 unspecified atom stereocenters. The zero-order valence-electron chi connectivity index (χ0n) is 13.2. The van der Waals surface area contributed by atoms with E-state index < -0.39 is 9.84 Å². The number of carbonyl (C=O) groups is 1. The van der Waals surface area contributed by atoms with Crippen LogP contribution in [0.15, 0.2) is 29.3 Å². The third-order valence-corrected chi connectivity index (χ3v) is 7.74. The fourth-order valence-electron chi connectivity index (χ4n) is 3.14. The second kappa shape index (κ2) is 5.77. The number of nitrogens with zero attached hydrogens (tertiary/aromatic N) is 2. The van der Waals surface area contributed by atoms with Crippen LogP contribution < -0.4 is 9.64 Å². The molecule has 2 heterocycles. The number of anilines is 1. The van der Waals surface area contributed by atoms with Crippen LogP contribution in [0, 0.1) is 5.92 Å². The van der Waals surface area contributed by atoms with Gasteiger partial charge >= 0.3 is 0 Å². The molecule has 0 radical (unpaired) electrons. The van der Waals surface area contributed by atoms with Crippen molar-refractivity contribution in [3.8, 4) is 5.75 Å². The number of sulfone groups is 1. The highest BCUT2D eigenvalue weighted by atomic mass is 32.2. The molecule has 2 atom stereocenters. The Balaban J connectivity index is 1.72. The number of methoxy groups -OCH3 is 1. The van der Waals surface area contributed by atoms with Gasteiger partial charge in [-0.1, -0.05) is 17.8 Å². The number of benzene rings is 1. The van der Waals surface area contributed by atoms with Gasteiger partial charge in [-0.2, -0.15) is 4.99 Å². The number of hydrogen-bond acceptors (Lipinski definition) is 5. The monoisotopic (exact) mass is 366 g/mol. The molecule has 1 aromatic rings. The van der Waals surface area contributed by atoms with Crippen LogP contribution in [0.4, 0.5) is 5.69 Å². The zero-order valence-corrected chi connectivity index (χ0v) is 14.8. The van der Waals surface area contributed by atoms with Gasteiger partial charge in [0.25, 0.3) is 5.91 Å². The molecule has 6 nitrogen and oxygen atoms in total. The smallest absolute Gasteiger partial charge is 0.251 e. The quantitative estimate of drug-likeness (QED) is 0.811. The molecule has 1 aliphatic carbocycles. The van der Waals surface area contributed by atoms with E-state index in [4.69, 9.17) is 4.74 Å². The number of aliphatic imine (C=N–C) groups is 1. The summed E-state index contributed by atoms with van der Waals surface area (Å²) in [5.74, 6) is 0.884. The lowest BCUT2D eigenvalue weighted by molar-refractivity contribution is -0.118. The predicted octanol–water partition coefficient (Wildman–Crippen LogP) is 1.71. The van der Waals surface area contributed by atoms with Gasteiger partial charge in [0.15, 0.2) is 15.0 Å². The highest BCUT2D eigenvalue weighted by Crippen LogP contribution is 2.42. The second-order valence-electron chi connectivity index (χ2n) is 6.38. The first-order chi connectivity index (χ1) is 11.5. The van der Waals surface area contributed by atoms with Crippen molar-refractivity contribution in [2.75, 3.05) is 23.5 Å². The first kappa shape index (κ1) is 16.0. The van der Waals surface area contributed by atoms with Crippen LogP contribution in [0.5, 0.6) is 5.75 Å². The number of thioether (sulfide) groups is 1. The molecule has 0 N–H and O–H groups in total. The summed E-state index contributed by atoms with van der Waals surface area (Å²) in [5.41, 5.74) is 0.814. The molecule has 0 aromatic heterocycles. The minimum atomic E-state index is -3.05. The van der Waals surface area contributed by atoms with Gasteiger partial charge in [0.05, 0.1) is 24.7 Å². The highest BCUT2D eigenvalue weighted by Gasteiger charge is 2.49. The minimum absolute atomic E-state index is 0.0504. The van der Waals surface area contributed by atoms with Crippen LogP contribution in [-0.2, 0) is 14.6 Å². The van der Waals surface area contributed by atoms with E-state index in [0.717, 1.165) is 18.5 Å². The molecule has 0 bridgehead atoms. The molecule has 24 heavy (non-hydrogen) atoms. The lowest BCUT2D eigenvalue weighted by Gasteiger charge is -2.24. The summed E-state index contributed by atoms with van der Waals surface area (Å²) in [6, 6.07) is 7.26. The van der Waals surface area contributed by atoms with E-state index in [2.05, 4.69) is 4.99 Å². The van der Waals surface area contributed by atoms with Crippen LogP contribution >= 0.6 is 11.8 Å². The number of amidine groups is 1. The standard InChI is InChI=1S/C16H18N2O4S2/c1-22-12-4-2-3-11(7-12)18-13-8-24(20,21)9-14(13)23-16(18)17-15(19)10-5-6-10/h2-4,7,10,13-14H,5-6,8-9H2,1H3. The molecule has 128 valence electrons. The van der Waals surface area contributed by atoms with Crippen LogP contribution in [-0.4, -0.2) is 49.4 Å². The van der Waals surface area contributed by atoms with Crippen molar-refractivity contribution < 1.29 is 17.9 Å². The molecular formula is C16H18N2O4S2. The number of rotatable bonds is 3.